The molecule has 0 heterocycles. The molecule has 3 atom stereocenters. The van der Waals surface area contributed by atoms with Gasteiger partial charge in [0.1, 0.15) is 0 Å². The van der Waals surface area contributed by atoms with Crippen LogP contribution in [0.2, 0.25) is 0 Å². The van der Waals surface area contributed by atoms with Gasteiger partial charge >= 0.3 is 0 Å². The number of hydrogen-bond donors (Lipinski definition) is 8. The number of unbranched alkanes of at least 4 members (excludes halogenated alkanes) is 2. The number of nitrogens with one attached hydrogen (secondary N) is 2. The summed E-state index contributed by atoms with van der Waals surface area (Å²) in [5.74, 6) is -0.168. The number of allylic oxidation sites excluding steroid dienone is 8. The van der Waals surface area contributed by atoms with Crippen molar-refractivity contribution in [2.45, 2.75) is 80.1 Å². The minimum absolute atomic E-state index is 0.0537. The van der Waals surface area contributed by atoms with Gasteiger partial charge in [0, 0.05) is 43.2 Å². The summed E-state index contributed by atoms with van der Waals surface area (Å²) >= 11 is 0. The van der Waals surface area contributed by atoms with Gasteiger partial charge in [-0.15, -0.1) is 0 Å². The maximum absolute atomic E-state index is 13.1. The molecule has 0 aromatic carbocycles. The molecule has 1 aliphatic carbocycles. The molecule has 0 spiro atoms. The predicted octanol–water partition coefficient (Wildman–Crippen LogP) is 2.35. The molecular weight excluding hydrogens is 620 g/mol. The number of carbonyl (C=O) groups excluding carboxylic acids is 2. The van der Waals surface area contributed by atoms with E-state index in [9.17, 15) is 9.59 Å². The zero-order chi connectivity index (χ0) is 37.0. The smallest absolute Gasteiger partial charge is 0.253 e. The van der Waals surface area contributed by atoms with Gasteiger partial charge in [-0.2, -0.15) is 0 Å². The minimum Gasteiger partial charge on any atom is -0.370 e. The number of guanidine groups is 4. The lowest BCUT2D eigenvalue weighted by Crippen LogP contribution is -2.38. The van der Waals surface area contributed by atoms with Crippen molar-refractivity contribution in [1.29, 1.82) is 0 Å². The largest absolute Gasteiger partial charge is 0.370 e. The van der Waals surface area contributed by atoms with Gasteiger partial charge in [0.2, 0.25) is 0 Å². The van der Waals surface area contributed by atoms with Gasteiger partial charge in [-0.3, -0.25) is 40.2 Å². The second-order valence-electron chi connectivity index (χ2n) is 12.9. The fraction of sp³-hybridized carbons (Fsp3) is 0.543. The maximum atomic E-state index is 13.1. The van der Waals surface area contributed by atoms with E-state index in [1.54, 1.807) is 19.9 Å². The first-order valence-corrected chi connectivity index (χ1v) is 16.7. The first kappa shape index (κ1) is 42.1. The Balaban J connectivity index is 3.07. The van der Waals surface area contributed by atoms with Crippen molar-refractivity contribution in [1.82, 2.24) is 10.6 Å². The molecule has 0 unspecified atom stereocenters. The monoisotopic (exact) mass is 680 g/mol. The van der Waals surface area contributed by atoms with Crippen LogP contribution in [0.15, 0.2) is 78.7 Å². The molecule has 14 heteroatoms. The SMILES string of the molecule is CC(C)=CC[C@@H]1C[C@](C)(/C=C/C=C(\C)C(=O)NC(N)=NCCCCN=C(N)N)[C@H](/C=C(\C)C(=O)NC(N)=NCCCCN=C(N)N)C=C1C. The molecule has 0 radical (unpaired) electrons. The Hall–Kier alpha value is -4.88. The third-order valence-electron chi connectivity index (χ3n) is 8.08. The average molecular weight is 681 g/mol. The zero-order valence-corrected chi connectivity index (χ0v) is 30.3. The number of aliphatic imine (C=N–C) groups is 4. The molecule has 1 aliphatic rings. The molecule has 0 aliphatic heterocycles. The van der Waals surface area contributed by atoms with Crippen LogP contribution in [0.1, 0.15) is 80.1 Å². The second kappa shape index (κ2) is 21.9. The van der Waals surface area contributed by atoms with E-state index in [0.29, 0.717) is 43.2 Å². The standard InChI is InChI=1S/C35H60N12O2/c1-23(2)13-14-27-22-35(6,15-11-12-24(3)29(48)46-33(40)44-18-9-7-16-42-31(36)37)28(20-25(27)4)21-26(5)30(49)47-34(41)45-19-10-8-17-43-32(38)39/h11-13,15,20-21,27-28H,7-10,14,16-19,22H2,1-6H3,(H4,36,37,42)(H4,38,39,43)(H3,40,44,46,48)(H3,41,45,47,49)/b15-11+,24-12+,26-21+/t27-,28+,35+/m1/s1. The van der Waals surface area contributed by atoms with Crippen LogP contribution in [0, 0.1) is 17.3 Å². The van der Waals surface area contributed by atoms with Crippen molar-refractivity contribution in [2.24, 2.45) is 71.6 Å². The number of nitrogens with two attached hydrogens (primary N) is 6. The molecular formula is C35H60N12O2. The Morgan fingerprint density at radius 3 is 1.73 bits per heavy atom. The van der Waals surface area contributed by atoms with Gasteiger partial charge in [0.25, 0.3) is 11.8 Å². The van der Waals surface area contributed by atoms with Gasteiger partial charge in [-0.1, -0.05) is 54.5 Å². The van der Waals surface area contributed by atoms with Crippen LogP contribution >= 0.6 is 0 Å². The number of carbonyl (C=O) groups is 2. The molecule has 0 bridgehead atoms. The lowest BCUT2D eigenvalue weighted by molar-refractivity contribution is -0.117. The fourth-order valence-electron chi connectivity index (χ4n) is 5.11. The number of amides is 2. The van der Waals surface area contributed by atoms with Crippen molar-refractivity contribution in [3.63, 3.8) is 0 Å². The van der Waals surface area contributed by atoms with Crippen LogP contribution in [-0.4, -0.2) is 61.8 Å². The normalized spacial score (nSPS) is 20.3. The predicted molar refractivity (Wildman–Crippen MR) is 203 cm³/mol. The highest BCUT2D eigenvalue weighted by Gasteiger charge is 2.36. The number of hydrogen-bond acceptors (Lipinski definition) is 6. The first-order chi connectivity index (χ1) is 23.0. The minimum atomic E-state index is -0.345. The Labute approximate surface area is 292 Å². The Kier molecular flexibility index (Phi) is 18.8. The lowest BCUT2D eigenvalue weighted by atomic mass is 9.64. The topological polar surface area (TPSA) is 264 Å². The molecule has 1 rings (SSSR count). The van der Waals surface area contributed by atoms with Crippen LogP contribution in [0.4, 0.5) is 0 Å². The summed E-state index contributed by atoms with van der Waals surface area (Å²) in [5, 5.41) is 5.32. The molecule has 0 saturated carbocycles. The zero-order valence-electron chi connectivity index (χ0n) is 30.3. The molecule has 0 saturated heterocycles. The van der Waals surface area contributed by atoms with Gasteiger partial charge < -0.3 is 34.4 Å². The average Bonchev–Trinajstić information content (AvgIpc) is 3.01. The number of rotatable bonds is 17. The van der Waals surface area contributed by atoms with Gasteiger partial charge in [0.05, 0.1) is 0 Å². The summed E-state index contributed by atoms with van der Waals surface area (Å²) in [4.78, 5) is 42.1. The van der Waals surface area contributed by atoms with Crippen LogP contribution < -0.4 is 45.0 Å². The highest BCUT2D eigenvalue weighted by Crippen LogP contribution is 2.46. The van der Waals surface area contributed by atoms with Crippen LogP contribution in [0.5, 0.6) is 0 Å². The molecule has 14 N–H and O–H groups in total. The molecule has 272 valence electrons. The molecule has 2 amide bonds. The summed E-state index contributed by atoms with van der Waals surface area (Å²) in [6.45, 7) is 13.9. The summed E-state index contributed by atoms with van der Waals surface area (Å²) < 4.78 is 0. The molecule has 0 fully saturated rings. The third kappa shape index (κ3) is 17.7. The Morgan fingerprint density at radius 2 is 1.27 bits per heavy atom. The second-order valence-corrected chi connectivity index (χ2v) is 12.9. The van der Waals surface area contributed by atoms with Gasteiger partial charge in [0.15, 0.2) is 23.8 Å². The van der Waals surface area contributed by atoms with Crippen LogP contribution in [-0.2, 0) is 9.59 Å². The third-order valence-corrected chi connectivity index (χ3v) is 8.08. The van der Waals surface area contributed by atoms with Gasteiger partial charge in [-0.25, -0.2) is 0 Å². The maximum Gasteiger partial charge on any atom is 0.253 e. The van der Waals surface area contributed by atoms with E-state index in [1.165, 1.54) is 11.1 Å². The van der Waals surface area contributed by atoms with E-state index < -0.39 is 0 Å². The van der Waals surface area contributed by atoms with E-state index in [4.69, 9.17) is 34.4 Å². The van der Waals surface area contributed by atoms with E-state index in [-0.39, 0.29) is 47.0 Å². The number of nitrogens with zero attached hydrogens (tertiary/aromatic N) is 4. The van der Waals surface area contributed by atoms with Crippen molar-refractivity contribution in [3.8, 4) is 0 Å². The summed E-state index contributed by atoms with van der Waals surface area (Å²) in [6.07, 6.45) is 17.0. The van der Waals surface area contributed by atoms with Gasteiger partial charge in [-0.05, 0) is 84.5 Å². The summed E-state index contributed by atoms with van der Waals surface area (Å²) in [5.41, 5.74) is 36.4. The highest BCUT2D eigenvalue weighted by atomic mass is 16.2. The van der Waals surface area contributed by atoms with Crippen molar-refractivity contribution in [3.05, 3.63) is 58.7 Å². The summed E-state index contributed by atoms with van der Waals surface area (Å²) in [7, 11) is 0. The quantitative estimate of drug-likeness (QED) is 0.0281. The molecule has 0 aromatic heterocycles. The Morgan fingerprint density at radius 1 is 0.796 bits per heavy atom. The van der Waals surface area contributed by atoms with E-state index in [1.807, 2.05) is 12.2 Å². The van der Waals surface area contributed by atoms with E-state index >= 15 is 0 Å². The van der Waals surface area contributed by atoms with Crippen molar-refractivity contribution >= 4 is 35.7 Å². The highest BCUT2D eigenvalue weighted by molar-refractivity contribution is 6.05. The van der Waals surface area contributed by atoms with Crippen molar-refractivity contribution in [2.75, 3.05) is 26.2 Å². The van der Waals surface area contributed by atoms with E-state index in [0.717, 1.165) is 38.5 Å². The lowest BCUT2D eigenvalue weighted by Gasteiger charge is -2.40. The Bertz CT molecular complexity index is 1390. The fourth-order valence-corrected chi connectivity index (χ4v) is 5.11. The van der Waals surface area contributed by atoms with Crippen LogP contribution in [0.3, 0.4) is 0 Å². The van der Waals surface area contributed by atoms with E-state index in [2.05, 4.69) is 76.5 Å². The molecule has 14 nitrogen and oxygen atoms in total. The first-order valence-electron chi connectivity index (χ1n) is 16.7. The molecule has 49 heavy (non-hydrogen) atoms. The molecule has 0 aromatic rings. The van der Waals surface area contributed by atoms with Crippen LogP contribution in [0.25, 0.3) is 0 Å². The van der Waals surface area contributed by atoms with Crippen molar-refractivity contribution < 1.29 is 9.59 Å². The summed E-state index contributed by atoms with van der Waals surface area (Å²) in [6, 6.07) is 0.